The average molecular weight is 712 g/mol. The van der Waals surface area contributed by atoms with Crippen LogP contribution >= 0.6 is 0 Å². The van der Waals surface area contributed by atoms with Crippen LogP contribution in [0.5, 0.6) is 0 Å². The van der Waals surface area contributed by atoms with Gasteiger partial charge in [0.25, 0.3) is 0 Å². The van der Waals surface area contributed by atoms with Gasteiger partial charge in [-0.3, -0.25) is 0 Å². The fourth-order valence-corrected chi connectivity index (χ4v) is 8.01. The number of benzene rings is 10. The molecule has 0 amide bonds. The maximum absolute atomic E-state index is 9.61. The van der Waals surface area contributed by atoms with Crippen molar-refractivity contribution in [3.05, 3.63) is 206 Å². The normalized spacial score (nSPS) is 14.9. The summed E-state index contributed by atoms with van der Waals surface area (Å²) >= 11 is 0. The molecule has 0 saturated carbocycles. The minimum atomic E-state index is -0.603. The van der Waals surface area contributed by atoms with E-state index in [0.29, 0.717) is 16.3 Å². The highest BCUT2D eigenvalue weighted by molar-refractivity contribution is 6.25. The molecule has 1 heteroatoms. The summed E-state index contributed by atoms with van der Waals surface area (Å²) in [5.74, 6) is 0. The number of rotatable bonds is 5. The third-order valence-electron chi connectivity index (χ3n) is 10.4. The lowest BCUT2D eigenvalue weighted by Crippen LogP contribution is -1.94. The van der Waals surface area contributed by atoms with Gasteiger partial charge in [0.05, 0.1) is 17.8 Å². The fraction of sp³-hybridized carbons (Fsp3) is 0. The van der Waals surface area contributed by atoms with Crippen molar-refractivity contribution in [2.75, 3.05) is 0 Å². The molecule has 256 valence electrons. The summed E-state index contributed by atoms with van der Waals surface area (Å²) in [7, 11) is 0. The molecule has 0 saturated heterocycles. The number of hydrogen-bond acceptors (Lipinski definition) is 1. The maximum atomic E-state index is 9.61. The summed E-state index contributed by atoms with van der Waals surface area (Å²) in [6.07, 6.45) is 0. The summed E-state index contributed by atoms with van der Waals surface area (Å²) in [6.45, 7) is 0. The van der Waals surface area contributed by atoms with Gasteiger partial charge < -0.3 is 4.42 Å². The Bertz CT molecular complexity index is 3900. The molecule has 11 rings (SSSR count). The Balaban J connectivity index is 1.22. The van der Waals surface area contributed by atoms with Crippen LogP contribution in [0.15, 0.2) is 210 Å². The lowest BCUT2D eigenvalue weighted by Gasteiger charge is -2.21. The molecule has 11 aromatic rings. The average Bonchev–Trinajstić information content (AvgIpc) is 3.75. The number of hydrogen-bond donors (Lipinski definition) is 0. The van der Waals surface area contributed by atoms with E-state index in [9.17, 15) is 5.48 Å². The summed E-state index contributed by atoms with van der Waals surface area (Å²) < 4.78 is 124. The van der Waals surface area contributed by atoms with E-state index >= 15 is 0 Å². The van der Waals surface area contributed by atoms with Gasteiger partial charge in [0, 0.05) is 10.8 Å². The zero-order valence-corrected chi connectivity index (χ0v) is 29.0. The molecule has 0 aliphatic heterocycles. The van der Waals surface area contributed by atoms with Gasteiger partial charge in [-0.25, -0.2) is 0 Å². The Hall–Kier alpha value is -7.22. The van der Waals surface area contributed by atoms with Crippen molar-refractivity contribution in [2.45, 2.75) is 0 Å². The van der Waals surface area contributed by atoms with Gasteiger partial charge >= 0.3 is 0 Å². The summed E-state index contributed by atoms with van der Waals surface area (Å²) in [4.78, 5) is 0. The van der Waals surface area contributed by atoms with Gasteiger partial charge in [-0.2, -0.15) is 0 Å². The summed E-state index contributed by atoms with van der Waals surface area (Å²) in [5.41, 5.74) is 5.88. The number of furan rings is 1. The molecule has 1 heterocycles. The second-order valence-corrected chi connectivity index (χ2v) is 13.4. The monoisotopic (exact) mass is 711 g/mol. The molecule has 10 aromatic carbocycles. The van der Waals surface area contributed by atoms with E-state index in [2.05, 4.69) is 12.1 Å². The van der Waals surface area contributed by atoms with Gasteiger partial charge in [-0.1, -0.05) is 188 Å². The zero-order chi connectivity index (χ0) is 47.6. The van der Waals surface area contributed by atoms with Crippen molar-refractivity contribution >= 4 is 54.3 Å². The van der Waals surface area contributed by atoms with Crippen molar-refractivity contribution in [3.8, 4) is 55.6 Å². The quantitative estimate of drug-likeness (QED) is 0.162. The number of fused-ring (bicyclic) bond motifs is 6. The van der Waals surface area contributed by atoms with Crippen molar-refractivity contribution in [2.24, 2.45) is 0 Å². The largest absolute Gasteiger partial charge is 0.456 e. The molecule has 0 bridgehead atoms. The van der Waals surface area contributed by atoms with Crippen LogP contribution in [0.25, 0.3) is 110 Å². The summed E-state index contributed by atoms with van der Waals surface area (Å²) in [5, 5.41) is 2.92. The molecule has 0 N–H and O–H groups in total. The zero-order valence-electron chi connectivity index (χ0n) is 42.0. The molecule has 1 nitrogen and oxygen atoms in total. The van der Waals surface area contributed by atoms with Crippen LogP contribution in [0.2, 0.25) is 0 Å². The smallest absolute Gasteiger partial charge is 0.136 e. The predicted octanol–water partition coefficient (Wildman–Crippen LogP) is 15.4. The third kappa shape index (κ3) is 5.09. The highest BCUT2D eigenvalue weighted by Gasteiger charge is 2.21. The standard InChI is InChI=1S/C54H34O/c1-2-14-36(15-3-1)43-33-32-37-16-4-5-19-41(37)53(43)54-46-22-8-6-20-44(46)51(45-21-7-9-23-47(45)54)38-30-28-35(29-31-38)39-17-12-18-40(34-39)42-25-13-27-50-52(42)48-24-10-11-26-49(48)55-50/h1-34H/i1D,2D,3D,6D,7D,8D,9D,14D,15D,20D,21D,22D,23D. The van der Waals surface area contributed by atoms with Crippen LogP contribution in [0.4, 0.5) is 0 Å². The lowest BCUT2D eigenvalue weighted by molar-refractivity contribution is 0.669. The molecule has 0 atom stereocenters. The van der Waals surface area contributed by atoms with Gasteiger partial charge in [0.1, 0.15) is 11.2 Å². The van der Waals surface area contributed by atoms with E-state index in [1.165, 1.54) is 0 Å². The summed E-state index contributed by atoms with van der Waals surface area (Å²) in [6, 6.07) is 32.6. The van der Waals surface area contributed by atoms with Crippen LogP contribution in [0.3, 0.4) is 0 Å². The van der Waals surface area contributed by atoms with Gasteiger partial charge in [0.15, 0.2) is 0 Å². The topological polar surface area (TPSA) is 13.1 Å². The lowest BCUT2D eigenvalue weighted by atomic mass is 9.82. The van der Waals surface area contributed by atoms with Crippen LogP contribution in [-0.2, 0) is 0 Å². The first-order valence-corrected chi connectivity index (χ1v) is 17.9. The Morgan fingerprint density at radius 3 is 1.69 bits per heavy atom. The third-order valence-corrected chi connectivity index (χ3v) is 10.4. The number of para-hydroxylation sites is 1. The Labute approximate surface area is 337 Å². The van der Waals surface area contributed by atoms with Crippen LogP contribution in [-0.4, -0.2) is 0 Å². The maximum Gasteiger partial charge on any atom is 0.136 e. The van der Waals surface area contributed by atoms with Gasteiger partial charge in [-0.15, -0.1) is 0 Å². The molecule has 1 aromatic heterocycles. The second-order valence-electron chi connectivity index (χ2n) is 13.4. The molecule has 0 spiro atoms. The van der Waals surface area contributed by atoms with Crippen molar-refractivity contribution in [1.29, 1.82) is 0 Å². The van der Waals surface area contributed by atoms with E-state index in [4.69, 9.17) is 16.8 Å². The van der Waals surface area contributed by atoms with E-state index in [0.717, 1.165) is 44.2 Å². The van der Waals surface area contributed by atoms with E-state index in [-0.39, 0.29) is 49.4 Å². The van der Waals surface area contributed by atoms with Crippen LogP contribution < -0.4 is 0 Å². The molecule has 0 aliphatic carbocycles. The molecule has 0 fully saturated rings. The van der Waals surface area contributed by atoms with Crippen LogP contribution in [0, 0.1) is 0 Å². The first-order valence-electron chi connectivity index (χ1n) is 24.4. The van der Waals surface area contributed by atoms with Gasteiger partial charge in [0.2, 0.25) is 0 Å². The highest BCUT2D eigenvalue weighted by Crippen LogP contribution is 2.48. The van der Waals surface area contributed by atoms with Crippen LogP contribution in [0.1, 0.15) is 17.8 Å². The molecular formula is C54H34O. The molecule has 55 heavy (non-hydrogen) atoms. The molecule has 0 unspecified atom stereocenters. The molecular weight excluding hydrogens is 665 g/mol. The Morgan fingerprint density at radius 1 is 0.327 bits per heavy atom. The van der Waals surface area contributed by atoms with Crippen molar-refractivity contribution < 1.29 is 22.2 Å². The minimum absolute atomic E-state index is 0.00483. The van der Waals surface area contributed by atoms with Crippen molar-refractivity contribution in [3.63, 3.8) is 0 Å². The molecule has 0 radical (unpaired) electrons. The van der Waals surface area contributed by atoms with E-state index in [1.807, 2.05) is 66.7 Å². The fourth-order valence-electron chi connectivity index (χ4n) is 8.01. The predicted molar refractivity (Wildman–Crippen MR) is 233 cm³/mol. The van der Waals surface area contributed by atoms with Crippen molar-refractivity contribution in [1.82, 2.24) is 0 Å². The highest BCUT2D eigenvalue weighted by atomic mass is 16.3. The van der Waals surface area contributed by atoms with E-state index in [1.54, 1.807) is 48.5 Å². The Morgan fingerprint density at radius 2 is 0.927 bits per heavy atom. The van der Waals surface area contributed by atoms with E-state index < -0.39 is 78.6 Å². The Kier molecular flexibility index (Phi) is 4.83. The first-order chi connectivity index (χ1) is 32.7. The van der Waals surface area contributed by atoms with Gasteiger partial charge in [-0.05, 0) is 106 Å². The SMILES string of the molecule is [2H]c1c([2H])c([2H])c(-c2ccc3ccccc3c2-c2c3c([2H])c([2H])c([2H])c([2H])c3c(-c3ccc(-c4cccc(-c5cccc6oc7ccccc7c56)c4)cc3)c3c([2H])c([2H])c([2H])c([2H])c23)c([2H])c1[2H]. The minimum Gasteiger partial charge on any atom is -0.456 e. The first kappa shape index (κ1) is 20.9. The second kappa shape index (κ2) is 12.7. The molecule has 0 aliphatic rings.